The van der Waals surface area contributed by atoms with E-state index < -0.39 is 5.82 Å². The quantitative estimate of drug-likeness (QED) is 0.870. The summed E-state index contributed by atoms with van der Waals surface area (Å²) in [6.45, 7) is 0. The number of thioether (sulfide) groups is 1. The van der Waals surface area contributed by atoms with Crippen molar-refractivity contribution in [3.8, 4) is 0 Å². The van der Waals surface area contributed by atoms with Crippen LogP contribution in [0.4, 0.5) is 10.1 Å². The number of nitrogens with zero attached hydrogens (tertiary/aromatic N) is 1. The lowest BCUT2D eigenvalue weighted by atomic mass is 10.3. The number of halogens is 2. The van der Waals surface area contributed by atoms with Gasteiger partial charge in [0.2, 0.25) is 5.91 Å². The van der Waals surface area contributed by atoms with E-state index in [4.69, 9.17) is 23.8 Å². The minimum absolute atomic E-state index is 0.0238. The number of carbonyl (C=O) groups excluding carboxylic acids is 1. The molecule has 0 fully saturated rings. The second kappa shape index (κ2) is 6.92. The lowest BCUT2D eigenvalue weighted by Crippen LogP contribution is -2.20. The van der Waals surface area contributed by atoms with Gasteiger partial charge in [-0.05, 0) is 18.2 Å². The van der Waals surface area contributed by atoms with Crippen LogP contribution in [0.25, 0.3) is 0 Å². The highest BCUT2D eigenvalue weighted by Crippen LogP contribution is 2.19. The molecule has 1 rings (SSSR count). The highest BCUT2D eigenvalue weighted by molar-refractivity contribution is 8.23. The minimum Gasteiger partial charge on any atom is -0.364 e. The second-order valence-electron chi connectivity index (χ2n) is 3.63. The Balaban J connectivity index is 2.49. The third-order valence-electron chi connectivity index (χ3n) is 1.90. The molecule has 0 aliphatic rings. The van der Waals surface area contributed by atoms with Crippen molar-refractivity contribution in [2.24, 2.45) is 0 Å². The summed E-state index contributed by atoms with van der Waals surface area (Å²) in [6.07, 6.45) is 0. The normalized spacial score (nSPS) is 10.0. The maximum absolute atomic E-state index is 12.9. The van der Waals surface area contributed by atoms with E-state index in [-0.39, 0.29) is 16.7 Å². The zero-order valence-corrected chi connectivity index (χ0v) is 12.3. The fraction of sp³-hybridized carbons (Fsp3) is 0.273. The molecule has 1 aromatic carbocycles. The second-order valence-corrected chi connectivity index (χ2v) is 5.64. The molecule has 3 nitrogen and oxygen atoms in total. The van der Waals surface area contributed by atoms with Crippen LogP contribution in [0.5, 0.6) is 0 Å². The van der Waals surface area contributed by atoms with Crippen LogP contribution in [-0.4, -0.2) is 35.0 Å². The van der Waals surface area contributed by atoms with Crippen LogP contribution in [0.2, 0.25) is 5.02 Å². The van der Waals surface area contributed by atoms with E-state index in [2.05, 4.69) is 5.32 Å². The molecule has 0 bridgehead atoms. The van der Waals surface area contributed by atoms with Gasteiger partial charge in [-0.15, -0.1) is 0 Å². The van der Waals surface area contributed by atoms with Gasteiger partial charge in [0, 0.05) is 19.8 Å². The fourth-order valence-electron chi connectivity index (χ4n) is 1.03. The van der Waals surface area contributed by atoms with Crippen molar-refractivity contribution in [1.82, 2.24) is 4.90 Å². The number of nitrogens with one attached hydrogen (secondary N) is 1. The minimum atomic E-state index is -0.516. The summed E-state index contributed by atoms with van der Waals surface area (Å²) < 4.78 is 13.5. The Labute approximate surface area is 120 Å². The molecule has 0 unspecified atom stereocenters. The Morgan fingerprint density at radius 1 is 1.56 bits per heavy atom. The van der Waals surface area contributed by atoms with Crippen LogP contribution < -0.4 is 5.32 Å². The Morgan fingerprint density at radius 3 is 2.78 bits per heavy atom. The molecule has 18 heavy (non-hydrogen) atoms. The zero-order valence-electron chi connectivity index (χ0n) is 9.87. The molecule has 0 aliphatic heterocycles. The van der Waals surface area contributed by atoms with Gasteiger partial charge in [0.15, 0.2) is 0 Å². The predicted octanol–water partition coefficient (Wildman–Crippen LogP) is 3.00. The van der Waals surface area contributed by atoms with Gasteiger partial charge >= 0.3 is 0 Å². The number of benzene rings is 1. The van der Waals surface area contributed by atoms with E-state index in [1.165, 1.54) is 30.0 Å². The van der Waals surface area contributed by atoms with Crippen LogP contribution in [0, 0.1) is 5.82 Å². The molecule has 1 amide bonds. The molecule has 98 valence electrons. The van der Waals surface area contributed by atoms with Gasteiger partial charge in [0.05, 0.1) is 10.8 Å². The summed E-state index contributed by atoms with van der Waals surface area (Å²) in [5.41, 5.74) is 0.461. The van der Waals surface area contributed by atoms with E-state index in [1.54, 1.807) is 4.90 Å². The van der Waals surface area contributed by atoms with Gasteiger partial charge in [-0.2, -0.15) is 0 Å². The molecule has 0 saturated heterocycles. The first-order valence-electron chi connectivity index (χ1n) is 4.99. The first-order chi connectivity index (χ1) is 8.40. The van der Waals surface area contributed by atoms with Gasteiger partial charge in [-0.25, -0.2) is 4.39 Å². The maximum Gasteiger partial charge on any atom is 0.234 e. The van der Waals surface area contributed by atoms with E-state index in [9.17, 15) is 9.18 Å². The van der Waals surface area contributed by atoms with Gasteiger partial charge in [-0.1, -0.05) is 35.6 Å². The van der Waals surface area contributed by atoms with Crippen molar-refractivity contribution in [1.29, 1.82) is 0 Å². The lowest BCUT2D eigenvalue weighted by Gasteiger charge is -2.12. The highest BCUT2D eigenvalue weighted by Gasteiger charge is 2.08. The van der Waals surface area contributed by atoms with E-state index >= 15 is 0 Å². The Bertz CT molecular complexity index is 468. The number of carbonyl (C=O) groups is 1. The number of rotatable bonds is 3. The van der Waals surface area contributed by atoms with Crippen molar-refractivity contribution in [3.63, 3.8) is 0 Å². The van der Waals surface area contributed by atoms with Crippen molar-refractivity contribution in [2.45, 2.75) is 0 Å². The van der Waals surface area contributed by atoms with Crippen molar-refractivity contribution >= 4 is 51.5 Å². The monoisotopic (exact) mass is 306 g/mol. The summed E-state index contributed by atoms with van der Waals surface area (Å²) in [6, 6.07) is 4.02. The van der Waals surface area contributed by atoms with E-state index in [0.29, 0.717) is 10.0 Å². The molecule has 0 saturated carbocycles. The van der Waals surface area contributed by atoms with Crippen LogP contribution in [0.15, 0.2) is 18.2 Å². The van der Waals surface area contributed by atoms with Crippen LogP contribution in [0.1, 0.15) is 0 Å². The summed E-state index contributed by atoms with van der Waals surface area (Å²) in [5.74, 6) is -0.531. The molecule has 0 aromatic heterocycles. The summed E-state index contributed by atoms with van der Waals surface area (Å²) in [4.78, 5) is 13.3. The molecule has 0 heterocycles. The smallest absolute Gasteiger partial charge is 0.234 e. The third kappa shape index (κ3) is 4.80. The van der Waals surface area contributed by atoms with E-state index in [0.717, 1.165) is 0 Å². The first kappa shape index (κ1) is 15.2. The molecule has 0 atom stereocenters. The van der Waals surface area contributed by atoms with E-state index in [1.807, 2.05) is 14.1 Å². The standard InChI is InChI=1S/C11H12ClFN2OS2/c1-15(2)11(17)18-6-10(16)14-7-3-4-9(13)8(12)5-7/h3-5H,6H2,1-2H3,(H,14,16). The van der Waals surface area contributed by atoms with Gasteiger partial charge in [-0.3, -0.25) is 4.79 Å². The SMILES string of the molecule is CN(C)C(=S)SCC(=O)Nc1ccc(F)c(Cl)c1. The number of amides is 1. The Kier molecular flexibility index (Phi) is 5.84. The lowest BCUT2D eigenvalue weighted by molar-refractivity contribution is -0.113. The van der Waals surface area contributed by atoms with Crippen molar-refractivity contribution in [2.75, 3.05) is 25.2 Å². The van der Waals surface area contributed by atoms with Crippen molar-refractivity contribution in [3.05, 3.63) is 29.0 Å². The first-order valence-corrected chi connectivity index (χ1v) is 6.76. The molecule has 0 spiro atoms. The molecule has 7 heteroatoms. The Morgan fingerprint density at radius 2 is 2.22 bits per heavy atom. The maximum atomic E-state index is 12.9. The predicted molar refractivity (Wildman–Crippen MR) is 78.8 cm³/mol. The van der Waals surface area contributed by atoms with Crippen molar-refractivity contribution < 1.29 is 9.18 Å². The number of hydrogen-bond donors (Lipinski definition) is 1. The molecular weight excluding hydrogens is 295 g/mol. The van der Waals surface area contributed by atoms with Gasteiger partial charge < -0.3 is 10.2 Å². The fourth-order valence-corrected chi connectivity index (χ4v) is 1.97. The van der Waals surface area contributed by atoms with Gasteiger partial charge in [0.1, 0.15) is 10.1 Å². The molecule has 0 aliphatic carbocycles. The van der Waals surface area contributed by atoms with Crippen LogP contribution in [0.3, 0.4) is 0 Å². The molecular formula is C11H12ClFN2OS2. The average molecular weight is 307 g/mol. The summed E-state index contributed by atoms with van der Waals surface area (Å²) in [5, 5.41) is 2.59. The Hall–Kier alpha value is -0.850. The summed E-state index contributed by atoms with van der Waals surface area (Å²) >= 11 is 11.9. The van der Waals surface area contributed by atoms with Gasteiger partial charge in [0.25, 0.3) is 0 Å². The topological polar surface area (TPSA) is 32.3 Å². The molecule has 1 aromatic rings. The largest absolute Gasteiger partial charge is 0.364 e. The van der Waals surface area contributed by atoms with Crippen LogP contribution in [-0.2, 0) is 4.79 Å². The average Bonchev–Trinajstić information content (AvgIpc) is 2.30. The number of hydrogen-bond acceptors (Lipinski definition) is 3. The molecule has 1 N–H and O–H groups in total. The summed E-state index contributed by atoms with van der Waals surface area (Å²) in [7, 11) is 3.62. The third-order valence-corrected chi connectivity index (χ3v) is 3.92. The number of anilines is 1. The van der Waals surface area contributed by atoms with Crippen LogP contribution >= 0.6 is 35.6 Å². The number of thiocarbonyl (C=S) groups is 1. The zero-order chi connectivity index (χ0) is 13.7. The highest BCUT2D eigenvalue weighted by atomic mass is 35.5. The molecule has 0 radical (unpaired) electrons.